The first kappa shape index (κ1) is 18.9. The third-order valence-electron chi connectivity index (χ3n) is 3.97. The molecule has 1 aromatic carbocycles. The fraction of sp³-hybridized carbons (Fsp3) is 0.500. The van der Waals surface area contributed by atoms with Gasteiger partial charge in [0.1, 0.15) is 11.9 Å². The highest BCUT2D eigenvalue weighted by Crippen LogP contribution is 2.37. The average Bonchev–Trinajstić information content (AvgIpc) is 2.99. The van der Waals surface area contributed by atoms with Gasteiger partial charge in [-0.3, -0.25) is 4.79 Å². The van der Waals surface area contributed by atoms with Crippen LogP contribution >= 0.6 is 0 Å². The number of rotatable bonds is 5. The summed E-state index contributed by atoms with van der Waals surface area (Å²) in [6.07, 6.45) is -5.07. The normalized spacial score (nSPS) is 21.7. The molecule has 0 aliphatic carbocycles. The first-order valence-corrected chi connectivity index (χ1v) is 7.72. The standard InChI is InChI=1S/C16H19F3N2O4/c1-10(25-11-5-3-2-4-6-11)7-20-15(24)21-8-12(14(22)23)13(9-21)16(17,18)19/h2-6,10,12-13H,7-9H2,1H3,(H,20,24)(H,22,23)/t10?,12-,13-/m1/s1. The van der Waals surface area contributed by atoms with Crippen LogP contribution in [0.4, 0.5) is 18.0 Å². The molecule has 2 amide bonds. The second-order valence-electron chi connectivity index (χ2n) is 5.93. The minimum absolute atomic E-state index is 0.0820. The van der Waals surface area contributed by atoms with Crippen molar-refractivity contribution in [1.82, 2.24) is 10.2 Å². The topological polar surface area (TPSA) is 78.9 Å². The summed E-state index contributed by atoms with van der Waals surface area (Å²) >= 11 is 0. The molecule has 138 valence electrons. The van der Waals surface area contributed by atoms with E-state index in [2.05, 4.69) is 5.32 Å². The van der Waals surface area contributed by atoms with Gasteiger partial charge in [-0.25, -0.2) is 4.79 Å². The number of benzene rings is 1. The quantitative estimate of drug-likeness (QED) is 0.845. The van der Waals surface area contributed by atoms with Crippen molar-refractivity contribution < 1.29 is 32.6 Å². The summed E-state index contributed by atoms with van der Waals surface area (Å²) in [6, 6.07) is 8.14. The van der Waals surface area contributed by atoms with Crippen LogP contribution < -0.4 is 10.1 Å². The predicted molar refractivity (Wildman–Crippen MR) is 82.2 cm³/mol. The molecule has 3 atom stereocenters. The van der Waals surface area contributed by atoms with E-state index < -0.39 is 49.2 Å². The van der Waals surface area contributed by atoms with Crippen molar-refractivity contribution in [2.75, 3.05) is 19.6 Å². The van der Waals surface area contributed by atoms with E-state index in [0.717, 1.165) is 4.90 Å². The molecule has 1 aliphatic heterocycles. The van der Waals surface area contributed by atoms with E-state index in [-0.39, 0.29) is 6.54 Å². The Bertz CT molecular complexity index is 609. The number of carbonyl (C=O) groups excluding carboxylic acids is 1. The number of alkyl halides is 3. The molecule has 1 saturated heterocycles. The maximum absolute atomic E-state index is 12.9. The lowest BCUT2D eigenvalue weighted by molar-refractivity contribution is -0.187. The van der Waals surface area contributed by atoms with Gasteiger partial charge in [0.05, 0.1) is 18.4 Å². The summed E-state index contributed by atoms with van der Waals surface area (Å²) in [5.41, 5.74) is 0. The van der Waals surface area contributed by atoms with Crippen LogP contribution in [0.25, 0.3) is 0 Å². The lowest BCUT2D eigenvalue weighted by Gasteiger charge is -2.20. The van der Waals surface area contributed by atoms with Gasteiger partial charge < -0.3 is 20.1 Å². The summed E-state index contributed by atoms with van der Waals surface area (Å²) in [7, 11) is 0. The van der Waals surface area contributed by atoms with Gasteiger partial charge in [0, 0.05) is 13.1 Å². The number of halogens is 3. The summed E-state index contributed by atoms with van der Waals surface area (Å²) in [5.74, 6) is -4.66. The molecular formula is C16H19F3N2O4. The van der Waals surface area contributed by atoms with Crippen LogP contribution in [0.2, 0.25) is 0 Å². The van der Waals surface area contributed by atoms with Gasteiger partial charge in [-0.2, -0.15) is 13.2 Å². The number of nitrogens with one attached hydrogen (secondary N) is 1. The fourth-order valence-electron chi connectivity index (χ4n) is 2.67. The lowest BCUT2D eigenvalue weighted by atomic mass is 9.96. The zero-order valence-electron chi connectivity index (χ0n) is 13.5. The number of likely N-dealkylation sites (tertiary alicyclic amines) is 1. The van der Waals surface area contributed by atoms with Gasteiger partial charge in [-0.15, -0.1) is 0 Å². The molecule has 1 heterocycles. The third kappa shape index (κ3) is 5.01. The number of urea groups is 1. The van der Waals surface area contributed by atoms with Crippen molar-refractivity contribution in [3.63, 3.8) is 0 Å². The number of amides is 2. The van der Waals surface area contributed by atoms with E-state index in [4.69, 9.17) is 9.84 Å². The molecule has 1 fully saturated rings. The maximum Gasteiger partial charge on any atom is 0.394 e. The highest BCUT2D eigenvalue weighted by molar-refractivity contribution is 5.77. The Kier molecular flexibility index (Phi) is 5.76. The van der Waals surface area contributed by atoms with E-state index in [1.807, 2.05) is 6.07 Å². The van der Waals surface area contributed by atoms with Crippen molar-refractivity contribution in [2.45, 2.75) is 19.2 Å². The van der Waals surface area contributed by atoms with Crippen LogP contribution in [0, 0.1) is 11.8 Å². The summed E-state index contributed by atoms with van der Waals surface area (Å²) in [4.78, 5) is 23.9. The van der Waals surface area contributed by atoms with E-state index in [1.54, 1.807) is 31.2 Å². The number of carboxylic acids is 1. The molecule has 0 spiro atoms. The molecule has 0 aromatic heterocycles. The molecule has 0 radical (unpaired) electrons. The van der Waals surface area contributed by atoms with Gasteiger partial charge in [0.15, 0.2) is 0 Å². The Balaban J connectivity index is 1.87. The first-order chi connectivity index (χ1) is 11.7. The van der Waals surface area contributed by atoms with E-state index in [0.29, 0.717) is 5.75 Å². The number of aliphatic carboxylic acids is 1. The van der Waals surface area contributed by atoms with E-state index in [1.165, 1.54) is 0 Å². The Morgan fingerprint density at radius 3 is 2.48 bits per heavy atom. The van der Waals surface area contributed by atoms with Crippen molar-refractivity contribution in [1.29, 1.82) is 0 Å². The van der Waals surface area contributed by atoms with Crippen LogP contribution in [0.3, 0.4) is 0 Å². The minimum atomic E-state index is -4.66. The van der Waals surface area contributed by atoms with Crippen molar-refractivity contribution >= 4 is 12.0 Å². The van der Waals surface area contributed by atoms with E-state index in [9.17, 15) is 22.8 Å². The molecule has 0 saturated carbocycles. The van der Waals surface area contributed by atoms with Crippen LogP contribution in [-0.4, -0.2) is 53.9 Å². The van der Waals surface area contributed by atoms with Crippen LogP contribution in [0.1, 0.15) is 6.92 Å². The molecule has 2 N–H and O–H groups in total. The van der Waals surface area contributed by atoms with Gasteiger partial charge in [-0.05, 0) is 19.1 Å². The highest BCUT2D eigenvalue weighted by Gasteiger charge is 2.53. The Morgan fingerprint density at radius 2 is 1.96 bits per heavy atom. The van der Waals surface area contributed by atoms with E-state index >= 15 is 0 Å². The first-order valence-electron chi connectivity index (χ1n) is 7.72. The smallest absolute Gasteiger partial charge is 0.394 e. The lowest BCUT2D eigenvalue weighted by Crippen LogP contribution is -2.43. The molecular weight excluding hydrogens is 341 g/mol. The largest absolute Gasteiger partial charge is 0.489 e. The molecule has 2 rings (SSSR count). The number of hydrogen-bond donors (Lipinski definition) is 2. The molecule has 1 unspecified atom stereocenters. The summed E-state index contributed by atoms with van der Waals surface area (Å²) in [5, 5.41) is 11.4. The average molecular weight is 360 g/mol. The molecule has 25 heavy (non-hydrogen) atoms. The number of carboxylic acid groups (broad SMARTS) is 1. The number of nitrogens with zero attached hydrogens (tertiary/aromatic N) is 1. The van der Waals surface area contributed by atoms with Crippen LogP contribution in [0.15, 0.2) is 30.3 Å². The highest BCUT2D eigenvalue weighted by atomic mass is 19.4. The third-order valence-corrected chi connectivity index (χ3v) is 3.97. The van der Waals surface area contributed by atoms with Gasteiger partial charge in [-0.1, -0.05) is 18.2 Å². The Morgan fingerprint density at radius 1 is 1.32 bits per heavy atom. The summed E-state index contributed by atoms with van der Waals surface area (Å²) < 4.78 is 44.3. The van der Waals surface area contributed by atoms with Gasteiger partial charge in [0.2, 0.25) is 0 Å². The second-order valence-corrected chi connectivity index (χ2v) is 5.93. The van der Waals surface area contributed by atoms with Gasteiger partial charge >= 0.3 is 18.2 Å². The molecule has 1 aromatic rings. The molecule has 9 heteroatoms. The number of carbonyl (C=O) groups is 2. The number of para-hydroxylation sites is 1. The summed E-state index contributed by atoms with van der Waals surface area (Å²) in [6.45, 7) is 0.647. The second kappa shape index (κ2) is 7.62. The van der Waals surface area contributed by atoms with Crippen molar-refractivity contribution in [3.05, 3.63) is 30.3 Å². The Labute approximate surface area is 142 Å². The Hall–Kier alpha value is -2.45. The monoisotopic (exact) mass is 360 g/mol. The zero-order valence-corrected chi connectivity index (χ0v) is 13.5. The number of hydrogen-bond acceptors (Lipinski definition) is 3. The molecule has 0 bridgehead atoms. The van der Waals surface area contributed by atoms with Crippen LogP contribution in [-0.2, 0) is 4.79 Å². The van der Waals surface area contributed by atoms with Crippen molar-refractivity contribution in [3.8, 4) is 5.75 Å². The predicted octanol–water partition coefficient (Wildman–Crippen LogP) is 2.36. The van der Waals surface area contributed by atoms with Crippen LogP contribution in [0.5, 0.6) is 5.75 Å². The zero-order chi connectivity index (χ0) is 18.6. The van der Waals surface area contributed by atoms with Gasteiger partial charge in [0.25, 0.3) is 0 Å². The SMILES string of the molecule is CC(CNC(=O)N1C[C@@H](C(F)(F)F)[C@H](C(=O)O)C1)Oc1ccccc1. The molecule has 1 aliphatic rings. The maximum atomic E-state index is 12.9. The molecule has 6 nitrogen and oxygen atoms in total. The number of ether oxygens (including phenoxy) is 1. The minimum Gasteiger partial charge on any atom is -0.489 e. The van der Waals surface area contributed by atoms with Crippen molar-refractivity contribution in [2.24, 2.45) is 11.8 Å². The fourth-order valence-corrected chi connectivity index (χ4v) is 2.67.